The molecule has 1 aromatic rings. The van der Waals surface area contributed by atoms with Crippen LogP contribution in [-0.2, 0) is 4.79 Å². The standard InChI is InChI=1S/C11H15BrN2O/c1-8-4-5-10(9(12)6-8)13-11(15)7-14(2)3/h4-6H,7H2,1-3H3,(H,13,15). The molecule has 15 heavy (non-hydrogen) atoms. The molecule has 1 aromatic carbocycles. The average molecular weight is 271 g/mol. The molecule has 1 N–H and O–H groups in total. The molecule has 0 atom stereocenters. The van der Waals surface area contributed by atoms with Gasteiger partial charge in [-0.1, -0.05) is 6.07 Å². The first-order chi connectivity index (χ1) is 6.99. The smallest absolute Gasteiger partial charge is 0.238 e. The van der Waals surface area contributed by atoms with Gasteiger partial charge in [-0.3, -0.25) is 4.79 Å². The molecule has 0 heterocycles. The van der Waals surface area contributed by atoms with E-state index >= 15 is 0 Å². The Hall–Kier alpha value is -0.870. The van der Waals surface area contributed by atoms with Gasteiger partial charge in [-0.15, -0.1) is 0 Å². The van der Waals surface area contributed by atoms with Crippen molar-refractivity contribution >= 4 is 27.5 Å². The number of rotatable bonds is 3. The number of nitrogens with zero attached hydrogens (tertiary/aromatic N) is 1. The second-order valence-electron chi connectivity index (χ2n) is 3.77. The third kappa shape index (κ3) is 4.01. The molecule has 0 spiro atoms. The van der Waals surface area contributed by atoms with Crippen molar-refractivity contribution in [2.45, 2.75) is 6.92 Å². The number of halogens is 1. The molecule has 1 amide bonds. The first-order valence-electron chi connectivity index (χ1n) is 4.70. The van der Waals surface area contributed by atoms with E-state index in [1.165, 1.54) is 0 Å². The van der Waals surface area contributed by atoms with Crippen molar-refractivity contribution < 1.29 is 4.79 Å². The summed E-state index contributed by atoms with van der Waals surface area (Å²) < 4.78 is 0.912. The Kier molecular flexibility index (Phi) is 4.29. The van der Waals surface area contributed by atoms with Gasteiger partial charge in [-0.2, -0.15) is 0 Å². The Balaban J connectivity index is 2.68. The van der Waals surface area contributed by atoms with E-state index in [-0.39, 0.29) is 5.91 Å². The Morgan fingerprint density at radius 2 is 2.13 bits per heavy atom. The molecule has 0 unspecified atom stereocenters. The molecular weight excluding hydrogens is 256 g/mol. The normalized spacial score (nSPS) is 10.5. The summed E-state index contributed by atoms with van der Waals surface area (Å²) in [4.78, 5) is 13.3. The Morgan fingerprint density at radius 3 is 2.67 bits per heavy atom. The van der Waals surface area contributed by atoms with E-state index in [0.29, 0.717) is 6.54 Å². The van der Waals surface area contributed by atoms with E-state index in [2.05, 4.69) is 21.2 Å². The lowest BCUT2D eigenvalue weighted by molar-refractivity contribution is -0.116. The van der Waals surface area contributed by atoms with Gasteiger partial charge in [-0.25, -0.2) is 0 Å². The maximum atomic E-state index is 11.5. The van der Waals surface area contributed by atoms with Crippen LogP contribution in [0.1, 0.15) is 5.56 Å². The molecule has 0 saturated carbocycles. The second kappa shape index (κ2) is 5.28. The maximum Gasteiger partial charge on any atom is 0.238 e. The quantitative estimate of drug-likeness (QED) is 0.914. The third-order valence-corrected chi connectivity index (χ3v) is 2.51. The summed E-state index contributed by atoms with van der Waals surface area (Å²) in [7, 11) is 3.73. The van der Waals surface area contributed by atoms with Gasteiger partial charge < -0.3 is 10.2 Å². The van der Waals surface area contributed by atoms with Crippen LogP contribution < -0.4 is 5.32 Å². The van der Waals surface area contributed by atoms with Crippen LogP contribution in [0.2, 0.25) is 0 Å². The van der Waals surface area contributed by atoms with E-state index in [0.717, 1.165) is 15.7 Å². The molecular formula is C11H15BrN2O. The van der Waals surface area contributed by atoms with Gasteiger partial charge in [0.15, 0.2) is 0 Å². The number of carbonyl (C=O) groups is 1. The molecule has 0 radical (unpaired) electrons. The number of hydrogen-bond acceptors (Lipinski definition) is 2. The summed E-state index contributed by atoms with van der Waals surface area (Å²) in [6, 6.07) is 5.84. The number of aryl methyl sites for hydroxylation is 1. The Morgan fingerprint density at radius 1 is 1.47 bits per heavy atom. The number of hydrogen-bond donors (Lipinski definition) is 1. The predicted octanol–water partition coefficient (Wildman–Crippen LogP) is 2.26. The van der Waals surface area contributed by atoms with E-state index in [1.54, 1.807) is 0 Å². The number of nitrogens with one attached hydrogen (secondary N) is 1. The van der Waals surface area contributed by atoms with E-state index in [9.17, 15) is 4.79 Å². The summed E-state index contributed by atoms with van der Waals surface area (Å²) in [5, 5.41) is 2.84. The number of carbonyl (C=O) groups excluding carboxylic acids is 1. The van der Waals surface area contributed by atoms with Crippen molar-refractivity contribution in [3.8, 4) is 0 Å². The van der Waals surface area contributed by atoms with Gasteiger partial charge in [0.25, 0.3) is 0 Å². The van der Waals surface area contributed by atoms with Crippen LogP contribution >= 0.6 is 15.9 Å². The van der Waals surface area contributed by atoms with Gasteiger partial charge >= 0.3 is 0 Å². The summed E-state index contributed by atoms with van der Waals surface area (Å²) in [6.07, 6.45) is 0. The highest BCUT2D eigenvalue weighted by atomic mass is 79.9. The fourth-order valence-electron chi connectivity index (χ4n) is 1.20. The minimum absolute atomic E-state index is 0.00967. The average Bonchev–Trinajstić information content (AvgIpc) is 2.08. The lowest BCUT2D eigenvalue weighted by Gasteiger charge is -2.11. The molecule has 1 rings (SSSR count). The molecule has 0 fully saturated rings. The molecule has 82 valence electrons. The number of anilines is 1. The zero-order valence-corrected chi connectivity index (χ0v) is 10.8. The first-order valence-corrected chi connectivity index (χ1v) is 5.49. The van der Waals surface area contributed by atoms with Crippen molar-refractivity contribution in [2.75, 3.05) is 26.0 Å². The van der Waals surface area contributed by atoms with Gasteiger partial charge in [0.2, 0.25) is 5.91 Å². The first kappa shape index (κ1) is 12.2. The zero-order valence-electron chi connectivity index (χ0n) is 9.17. The molecule has 0 aliphatic carbocycles. The largest absolute Gasteiger partial charge is 0.324 e. The summed E-state index contributed by atoms with van der Waals surface area (Å²) in [5.74, 6) is -0.00967. The topological polar surface area (TPSA) is 32.3 Å². The van der Waals surface area contributed by atoms with Crippen molar-refractivity contribution in [3.63, 3.8) is 0 Å². The summed E-state index contributed by atoms with van der Waals surface area (Å²) >= 11 is 3.41. The third-order valence-electron chi connectivity index (χ3n) is 1.86. The fourth-order valence-corrected chi connectivity index (χ4v) is 1.79. The van der Waals surface area contributed by atoms with E-state index in [1.807, 2.05) is 44.1 Å². The van der Waals surface area contributed by atoms with Crippen LogP contribution in [0.15, 0.2) is 22.7 Å². The zero-order chi connectivity index (χ0) is 11.4. The monoisotopic (exact) mass is 270 g/mol. The van der Waals surface area contributed by atoms with Crippen LogP contribution in [0.3, 0.4) is 0 Å². The predicted molar refractivity (Wildman–Crippen MR) is 66.1 cm³/mol. The molecule has 0 bridgehead atoms. The fraction of sp³-hybridized carbons (Fsp3) is 0.364. The summed E-state index contributed by atoms with van der Waals surface area (Å²) in [6.45, 7) is 2.40. The lowest BCUT2D eigenvalue weighted by atomic mass is 10.2. The number of amides is 1. The molecule has 0 aromatic heterocycles. The Bertz CT molecular complexity index is 364. The van der Waals surface area contributed by atoms with Crippen molar-refractivity contribution in [1.29, 1.82) is 0 Å². The van der Waals surface area contributed by atoms with E-state index in [4.69, 9.17) is 0 Å². The highest BCUT2D eigenvalue weighted by Crippen LogP contribution is 2.23. The van der Waals surface area contributed by atoms with E-state index < -0.39 is 0 Å². The van der Waals surface area contributed by atoms with Crippen LogP contribution in [-0.4, -0.2) is 31.4 Å². The minimum Gasteiger partial charge on any atom is -0.324 e. The number of benzene rings is 1. The van der Waals surface area contributed by atoms with Crippen molar-refractivity contribution in [1.82, 2.24) is 4.90 Å². The van der Waals surface area contributed by atoms with Crippen molar-refractivity contribution in [3.05, 3.63) is 28.2 Å². The van der Waals surface area contributed by atoms with Crippen LogP contribution in [0.5, 0.6) is 0 Å². The van der Waals surface area contributed by atoms with Gasteiger partial charge in [0.05, 0.1) is 12.2 Å². The molecule has 0 aliphatic heterocycles. The lowest BCUT2D eigenvalue weighted by Crippen LogP contribution is -2.27. The van der Waals surface area contributed by atoms with Crippen LogP contribution in [0, 0.1) is 6.92 Å². The van der Waals surface area contributed by atoms with Crippen LogP contribution in [0.25, 0.3) is 0 Å². The highest BCUT2D eigenvalue weighted by Gasteiger charge is 2.06. The van der Waals surface area contributed by atoms with Gasteiger partial charge in [0, 0.05) is 4.47 Å². The molecule has 4 heteroatoms. The number of likely N-dealkylation sites (N-methyl/N-ethyl adjacent to an activating group) is 1. The molecule has 0 saturated heterocycles. The van der Waals surface area contributed by atoms with Crippen molar-refractivity contribution in [2.24, 2.45) is 0 Å². The maximum absolute atomic E-state index is 11.5. The molecule has 0 aliphatic rings. The Labute approximate surface area is 98.6 Å². The SMILES string of the molecule is Cc1ccc(NC(=O)CN(C)C)c(Br)c1. The van der Waals surface area contributed by atoms with Crippen LogP contribution in [0.4, 0.5) is 5.69 Å². The van der Waals surface area contributed by atoms with Gasteiger partial charge in [-0.05, 0) is 54.6 Å². The second-order valence-corrected chi connectivity index (χ2v) is 4.62. The minimum atomic E-state index is -0.00967. The van der Waals surface area contributed by atoms with Gasteiger partial charge in [0.1, 0.15) is 0 Å². The summed E-state index contributed by atoms with van der Waals surface area (Å²) in [5.41, 5.74) is 1.97. The molecule has 3 nitrogen and oxygen atoms in total. The highest BCUT2D eigenvalue weighted by molar-refractivity contribution is 9.10.